The molecule has 7 nitrogen and oxygen atoms in total. The lowest BCUT2D eigenvalue weighted by Gasteiger charge is -2.18. The molecule has 0 spiro atoms. The summed E-state index contributed by atoms with van der Waals surface area (Å²) in [6.07, 6.45) is 1.44. The summed E-state index contributed by atoms with van der Waals surface area (Å²) >= 11 is 0. The minimum absolute atomic E-state index is 0.0108. The largest absolute Gasteiger partial charge is 0.461 e. The fourth-order valence-corrected chi connectivity index (χ4v) is 2.37. The molecule has 7 heteroatoms. The van der Waals surface area contributed by atoms with Gasteiger partial charge in [0.15, 0.2) is 0 Å². The van der Waals surface area contributed by atoms with Crippen molar-refractivity contribution in [1.29, 1.82) is 0 Å². The summed E-state index contributed by atoms with van der Waals surface area (Å²) in [7, 11) is 0. The van der Waals surface area contributed by atoms with Gasteiger partial charge in [0.2, 0.25) is 0 Å². The zero-order valence-electron chi connectivity index (χ0n) is 13.7. The fourth-order valence-electron chi connectivity index (χ4n) is 2.37. The number of hydroxylamine groups is 2. The van der Waals surface area contributed by atoms with E-state index in [-0.39, 0.29) is 32.3 Å². The van der Waals surface area contributed by atoms with Crippen molar-refractivity contribution in [2.24, 2.45) is 5.92 Å². The molecule has 1 aliphatic heterocycles. The second-order valence-electron chi connectivity index (χ2n) is 5.55. The van der Waals surface area contributed by atoms with Crippen LogP contribution < -0.4 is 0 Å². The van der Waals surface area contributed by atoms with E-state index in [1.165, 1.54) is 6.08 Å². The minimum Gasteiger partial charge on any atom is -0.461 e. The molecule has 1 aromatic carbocycles. The normalized spacial score (nSPS) is 15.0. The third kappa shape index (κ3) is 5.27. The average molecular weight is 345 g/mol. The molecule has 0 aromatic heterocycles. The molecule has 2 amide bonds. The molecule has 1 aromatic rings. The zero-order chi connectivity index (χ0) is 18.2. The number of esters is 1. The number of hydrogen-bond donors (Lipinski definition) is 0. The molecular weight excluding hydrogens is 326 g/mol. The smallest absolute Gasteiger partial charge is 0.337 e. The number of carbonyl (C=O) groups is 4. The molecule has 25 heavy (non-hydrogen) atoms. The standard InChI is InChI=1S/C18H19NO6/c1-2-10-24-17(22)12-14(11-13-6-4-3-5-7-13)18(23)25-19-15(20)8-9-16(19)21/h2-7,14H,1,8-12H2/t14-/m1/s1. The Kier molecular flexibility index (Phi) is 6.45. The SMILES string of the molecule is C=CCOC(=O)C[C@@H](Cc1ccccc1)C(=O)ON1C(=O)CCC1=O. The molecule has 0 N–H and O–H groups in total. The molecule has 0 bridgehead atoms. The lowest BCUT2D eigenvalue weighted by Crippen LogP contribution is -2.36. The second-order valence-corrected chi connectivity index (χ2v) is 5.55. The van der Waals surface area contributed by atoms with Gasteiger partial charge in [-0.15, -0.1) is 5.06 Å². The number of imide groups is 1. The Morgan fingerprint density at radius 3 is 2.40 bits per heavy atom. The molecule has 0 unspecified atom stereocenters. The van der Waals surface area contributed by atoms with Crippen molar-refractivity contribution in [2.45, 2.75) is 25.7 Å². The maximum absolute atomic E-state index is 12.4. The van der Waals surface area contributed by atoms with Crippen LogP contribution in [0.25, 0.3) is 0 Å². The van der Waals surface area contributed by atoms with E-state index < -0.39 is 29.7 Å². The first-order valence-corrected chi connectivity index (χ1v) is 7.89. The van der Waals surface area contributed by atoms with Crippen LogP contribution in [0.1, 0.15) is 24.8 Å². The van der Waals surface area contributed by atoms with E-state index in [2.05, 4.69) is 6.58 Å². The maximum Gasteiger partial charge on any atom is 0.337 e. The van der Waals surface area contributed by atoms with Gasteiger partial charge in [0.1, 0.15) is 6.61 Å². The number of nitrogens with zero attached hydrogens (tertiary/aromatic N) is 1. The molecule has 132 valence electrons. The Labute approximate surface area is 145 Å². The third-order valence-corrected chi connectivity index (χ3v) is 3.62. The number of benzene rings is 1. The Morgan fingerprint density at radius 2 is 1.80 bits per heavy atom. The summed E-state index contributed by atoms with van der Waals surface area (Å²) in [5.74, 6) is -3.40. The highest BCUT2D eigenvalue weighted by Crippen LogP contribution is 2.19. The van der Waals surface area contributed by atoms with Crippen LogP contribution in [-0.2, 0) is 35.2 Å². The van der Waals surface area contributed by atoms with Gasteiger partial charge in [-0.3, -0.25) is 14.4 Å². The first-order valence-electron chi connectivity index (χ1n) is 7.89. The van der Waals surface area contributed by atoms with Gasteiger partial charge in [0.05, 0.1) is 12.3 Å². The molecule has 1 atom stereocenters. The fraction of sp³-hybridized carbons (Fsp3) is 0.333. The van der Waals surface area contributed by atoms with Gasteiger partial charge in [-0.25, -0.2) is 4.79 Å². The molecule has 1 aliphatic rings. The van der Waals surface area contributed by atoms with Crippen LogP contribution in [0.5, 0.6) is 0 Å². The topological polar surface area (TPSA) is 90.0 Å². The molecule has 0 radical (unpaired) electrons. The Morgan fingerprint density at radius 1 is 1.16 bits per heavy atom. The summed E-state index contributed by atoms with van der Waals surface area (Å²) < 4.78 is 4.91. The van der Waals surface area contributed by atoms with Gasteiger partial charge in [0.25, 0.3) is 11.8 Å². The monoisotopic (exact) mass is 345 g/mol. The zero-order valence-corrected chi connectivity index (χ0v) is 13.7. The summed E-state index contributed by atoms with van der Waals surface area (Å²) in [6, 6.07) is 9.06. The van der Waals surface area contributed by atoms with Crippen LogP contribution in [0.2, 0.25) is 0 Å². The second kappa shape index (κ2) is 8.77. The van der Waals surface area contributed by atoms with E-state index in [0.29, 0.717) is 5.06 Å². The Balaban J connectivity index is 2.07. The molecular formula is C18H19NO6. The summed E-state index contributed by atoms with van der Waals surface area (Å²) in [5.41, 5.74) is 0.819. The number of rotatable bonds is 8. The van der Waals surface area contributed by atoms with Gasteiger partial charge in [-0.2, -0.15) is 0 Å². The van der Waals surface area contributed by atoms with Gasteiger partial charge >= 0.3 is 11.9 Å². The van der Waals surface area contributed by atoms with Crippen molar-refractivity contribution in [1.82, 2.24) is 5.06 Å². The van der Waals surface area contributed by atoms with Crippen molar-refractivity contribution in [3.63, 3.8) is 0 Å². The van der Waals surface area contributed by atoms with Crippen LogP contribution in [0.3, 0.4) is 0 Å². The third-order valence-electron chi connectivity index (χ3n) is 3.62. The maximum atomic E-state index is 12.4. The summed E-state index contributed by atoms with van der Waals surface area (Å²) in [4.78, 5) is 52.4. The van der Waals surface area contributed by atoms with Crippen molar-refractivity contribution in [3.05, 3.63) is 48.6 Å². The number of hydrogen-bond acceptors (Lipinski definition) is 6. The highest BCUT2D eigenvalue weighted by Gasteiger charge is 2.35. The molecule has 2 rings (SSSR count). The van der Waals surface area contributed by atoms with Gasteiger partial charge in [-0.05, 0) is 12.0 Å². The number of carbonyl (C=O) groups excluding carboxylic acids is 4. The molecule has 0 saturated carbocycles. The average Bonchev–Trinajstić information content (AvgIpc) is 2.92. The van der Waals surface area contributed by atoms with Crippen molar-refractivity contribution in [3.8, 4) is 0 Å². The van der Waals surface area contributed by atoms with Crippen LogP contribution in [0.4, 0.5) is 0 Å². The highest BCUT2D eigenvalue weighted by atomic mass is 16.7. The Hall–Kier alpha value is -2.96. The Bertz CT molecular complexity index is 653. The van der Waals surface area contributed by atoms with Crippen LogP contribution in [-0.4, -0.2) is 35.4 Å². The summed E-state index contributed by atoms with van der Waals surface area (Å²) in [5, 5.41) is 0.482. The van der Waals surface area contributed by atoms with E-state index in [1.54, 1.807) is 12.1 Å². The van der Waals surface area contributed by atoms with E-state index in [4.69, 9.17) is 9.57 Å². The predicted molar refractivity (Wildman–Crippen MR) is 86.6 cm³/mol. The van der Waals surface area contributed by atoms with Gasteiger partial charge < -0.3 is 9.57 Å². The van der Waals surface area contributed by atoms with E-state index in [1.807, 2.05) is 18.2 Å². The van der Waals surface area contributed by atoms with E-state index in [0.717, 1.165) is 5.56 Å². The van der Waals surface area contributed by atoms with Crippen LogP contribution in [0.15, 0.2) is 43.0 Å². The first kappa shape index (κ1) is 18.4. The minimum atomic E-state index is -0.874. The van der Waals surface area contributed by atoms with Gasteiger partial charge in [0, 0.05) is 12.8 Å². The molecule has 1 heterocycles. The lowest BCUT2D eigenvalue weighted by molar-refractivity contribution is -0.201. The van der Waals surface area contributed by atoms with Crippen molar-refractivity contribution < 1.29 is 28.8 Å². The highest BCUT2D eigenvalue weighted by molar-refractivity contribution is 6.01. The molecule has 0 aliphatic carbocycles. The van der Waals surface area contributed by atoms with E-state index >= 15 is 0 Å². The predicted octanol–water partition coefficient (Wildman–Crippen LogP) is 1.57. The van der Waals surface area contributed by atoms with Crippen molar-refractivity contribution in [2.75, 3.05) is 6.61 Å². The van der Waals surface area contributed by atoms with Crippen LogP contribution >= 0.6 is 0 Å². The molecule has 1 fully saturated rings. The lowest BCUT2D eigenvalue weighted by atomic mass is 9.96. The van der Waals surface area contributed by atoms with Crippen LogP contribution in [0, 0.1) is 5.92 Å². The van der Waals surface area contributed by atoms with E-state index in [9.17, 15) is 19.2 Å². The molecule has 1 saturated heterocycles. The number of ether oxygens (including phenoxy) is 1. The quantitative estimate of drug-likeness (QED) is 0.404. The first-order chi connectivity index (χ1) is 12.0. The summed E-state index contributed by atoms with van der Waals surface area (Å²) in [6.45, 7) is 3.49. The number of amides is 2. The van der Waals surface area contributed by atoms with Crippen molar-refractivity contribution >= 4 is 23.8 Å². The van der Waals surface area contributed by atoms with Gasteiger partial charge in [-0.1, -0.05) is 43.0 Å².